The van der Waals surface area contributed by atoms with E-state index in [1.54, 1.807) is 12.4 Å². The van der Waals surface area contributed by atoms with Crippen LogP contribution in [0.15, 0.2) is 36.7 Å². The summed E-state index contributed by atoms with van der Waals surface area (Å²) in [5.41, 5.74) is 0.987. The molecule has 0 spiro atoms. The minimum absolute atomic E-state index is 0.702. The molecule has 1 unspecified atom stereocenters. The zero-order chi connectivity index (χ0) is 22.9. The molecule has 1 heterocycles. The van der Waals surface area contributed by atoms with Crippen molar-refractivity contribution in [2.45, 2.75) is 97.8 Å². The molecule has 4 nitrogen and oxygen atoms in total. The lowest BCUT2D eigenvalue weighted by atomic mass is 10.1. The summed E-state index contributed by atoms with van der Waals surface area (Å²) < 4.78 is 11.6. The van der Waals surface area contributed by atoms with Crippen LogP contribution in [-0.4, -0.2) is 23.2 Å². The summed E-state index contributed by atoms with van der Waals surface area (Å²) in [6.07, 6.45) is 19.1. The third kappa shape index (κ3) is 11.0. The minimum Gasteiger partial charge on any atom is -0.494 e. The molecular formula is C28H44N2O2. The van der Waals surface area contributed by atoms with E-state index in [-0.39, 0.29) is 0 Å². The number of benzene rings is 1. The molecule has 0 aliphatic heterocycles. The van der Waals surface area contributed by atoms with Gasteiger partial charge in [-0.15, -0.1) is 0 Å². The molecule has 32 heavy (non-hydrogen) atoms. The molecule has 0 aliphatic rings. The number of hydrogen-bond donors (Lipinski definition) is 0. The molecule has 0 saturated heterocycles. The Hall–Kier alpha value is -2.10. The molecule has 1 aromatic carbocycles. The van der Waals surface area contributed by atoms with Gasteiger partial charge in [-0.1, -0.05) is 85.0 Å². The Morgan fingerprint density at radius 2 is 1.25 bits per heavy atom. The predicted molar refractivity (Wildman–Crippen MR) is 134 cm³/mol. The van der Waals surface area contributed by atoms with E-state index >= 15 is 0 Å². The first-order valence-electron chi connectivity index (χ1n) is 12.9. The first-order valence-corrected chi connectivity index (χ1v) is 12.9. The van der Waals surface area contributed by atoms with E-state index in [1.165, 1.54) is 64.2 Å². The summed E-state index contributed by atoms with van der Waals surface area (Å²) in [4.78, 5) is 8.94. The Kier molecular flexibility index (Phi) is 13.5. The fourth-order valence-corrected chi connectivity index (χ4v) is 3.60. The van der Waals surface area contributed by atoms with Gasteiger partial charge in [-0.3, -0.25) is 0 Å². The molecule has 4 heteroatoms. The highest BCUT2D eigenvalue weighted by Crippen LogP contribution is 2.21. The predicted octanol–water partition coefficient (Wildman–Crippen LogP) is 8.26. The number of nitrogens with zero attached hydrogens (tertiary/aromatic N) is 2. The van der Waals surface area contributed by atoms with Gasteiger partial charge in [-0.2, -0.15) is 0 Å². The average molecular weight is 441 g/mol. The number of unbranched alkanes of at least 4 members (excludes halogenated alkanes) is 9. The van der Waals surface area contributed by atoms with E-state index in [0.717, 1.165) is 43.1 Å². The first-order chi connectivity index (χ1) is 15.7. The highest BCUT2D eigenvalue weighted by Gasteiger charge is 2.04. The van der Waals surface area contributed by atoms with Gasteiger partial charge in [-0.05, 0) is 43.0 Å². The molecule has 0 aliphatic carbocycles. The lowest BCUT2D eigenvalue weighted by Crippen LogP contribution is -2.03. The quantitative estimate of drug-likeness (QED) is 0.219. The van der Waals surface area contributed by atoms with E-state index < -0.39 is 0 Å². The second kappa shape index (κ2) is 16.5. The molecule has 2 rings (SSSR count). The summed E-state index contributed by atoms with van der Waals surface area (Å²) in [7, 11) is 0. The second-order valence-corrected chi connectivity index (χ2v) is 8.95. The van der Waals surface area contributed by atoms with Crippen molar-refractivity contribution in [1.29, 1.82) is 0 Å². The van der Waals surface area contributed by atoms with Gasteiger partial charge in [0, 0.05) is 5.56 Å². The van der Waals surface area contributed by atoms with Crippen LogP contribution in [0.25, 0.3) is 11.4 Å². The Morgan fingerprint density at radius 1 is 0.688 bits per heavy atom. The highest BCUT2D eigenvalue weighted by atomic mass is 16.5. The van der Waals surface area contributed by atoms with Gasteiger partial charge in [-0.25, -0.2) is 9.97 Å². The Morgan fingerprint density at radius 3 is 1.84 bits per heavy atom. The molecule has 2 aromatic rings. The van der Waals surface area contributed by atoms with Crippen molar-refractivity contribution in [1.82, 2.24) is 9.97 Å². The molecule has 0 saturated carbocycles. The van der Waals surface area contributed by atoms with Gasteiger partial charge < -0.3 is 9.47 Å². The van der Waals surface area contributed by atoms with Crippen molar-refractivity contribution in [2.24, 2.45) is 5.92 Å². The van der Waals surface area contributed by atoms with Gasteiger partial charge in [0.25, 0.3) is 0 Å². The van der Waals surface area contributed by atoms with Gasteiger partial charge in [0.15, 0.2) is 11.6 Å². The maximum absolute atomic E-state index is 5.83. The van der Waals surface area contributed by atoms with E-state index in [4.69, 9.17) is 9.47 Å². The van der Waals surface area contributed by atoms with E-state index in [2.05, 4.69) is 30.7 Å². The highest BCUT2D eigenvalue weighted by molar-refractivity contribution is 5.56. The molecule has 0 fully saturated rings. The van der Waals surface area contributed by atoms with E-state index in [1.807, 2.05) is 24.3 Å². The van der Waals surface area contributed by atoms with Crippen molar-refractivity contribution >= 4 is 0 Å². The van der Waals surface area contributed by atoms with Crippen LogP contribution < -0.4 is 9.47 Å². The van der Waals surface area contributed by atoms with Gasteiger partial charge >= 0.3 is 0 Å². The van der Waals surface area contributed by atoms with Crippen LogP contribution in [0.2, 0.25) is 0 Å². The monoisotopic (exact) mass is 440 g/mol. The Balaban J connectivity index is 1.59. The minimum atomic E-state index is 0.702. The average Bonchev–Trinajstić information content (AvgIpc) is 2.83. The molecule has 1 aromatic heterocycles. The van der Waals surface area contributed by atoms with Crippen molar-refractivity contribution in [3.05, 3.63) is 36.7 Å². The summed E-state index contributed by atoms with van der Waals surface area (Å²) in [6, 6.07) is 8.01. The second-order valence-electron chi connectivity index (χ2n) is 8.95. The van der Waals surface area contributed by atoms with Crippen molar-refractivity contribution in [3.8, 4) is 22.9 Å². The summed E-state index contributed by atoms with van der Waals surface area (Å²) >= 11 is 0. The largest absolute Gasteiger partial charge is 0.494 e. The van der Waals surface area contributed by atoms with Crippen molar-refractivity contribution in [2.75, 3.05) is 13.2 Å². The normalized spacial score (nSPS) is 12.0. The van der Waals surface area contributed by atoms with Crippen LogP contribution in [0.1, 0.15) is 97.8 Å². The van der Waals surface area contributed by atoms with Gasteiger partial charge in [0.1, 0.15) is 5.75 Å². The van der Waals surface area contributed by atoms with Gasteiger partial charge in [0.05, 0.1) is 25.6 Å². The smallest absolute Gasteiger partial charge is 0.159 e. The zero-order valence-corrected chi connectivity index (χ0v) is 20.7. The van der Waals surface area contributed by atoms with Gasteiger partial charge in [0.2, 0.25) is 0 Å². The van der Waals surface area contributed by atoms with E-state index in [0.29, 0.717) is 11.7 Å². The third-order valence-electron chi connectivity index (χ3n) is 6.08. The van der Waals surface area contributed by atoms with Crippen LogP contribution in [-0.2, 0) is 0 Å². The Bertz CT molecular complexity index is 700. The van der Waals surface area contributed by atoms with E-state index in [9.17, 15) is 0 Å². The van der Waals surface area contributed by atoms with Crippen molar-refractivity contribution in [3.63, 3.8) is 0 Å². The van der Waals surface area contributed by atoms with Crippen molar-refractivity contribution < 1.29 is 9.47 Å². The van der Waals surface area contributed by atoms with Crippen LogP contribution in [0.3, 0.4) is 0 Å². The number of ether oxygens (including phenoxy) is 2. The number of rotatable bonds is 18. The number of aromatic nitrogens is 2. The third-order valence-corrected chi connectivity index (χ3v) is 6.08. The maximum Gasteiger partial charge on any atom is 0.159 e. The van der Waals surface area contributed by atoms with Crippen LogP contribution in [0.4, 0.5) is 0 Å². The summed E-state index contributed by atoms with van der Waals surface area (Å²) in [5, 5.41) is 0. The van der Waals surface area contributed by atoms with Crippen LogP contribution in [0, 0.1) is 5.92 Å². The molecule has 0 bridgehead atoms. The standard InChI is InChI=1S/C28H44N2O2/c1-4-6-7-8-9-10-11-12-13-14-20-31-27-22-29-28(30-23-27)25-15-17-26(18-16-25)32-21-19-24(3)5-2/h15-18,22-24H,4-14,19-21H2,1-3H3. The zero-order valence-electron chi connectivity index (χ0n) is 20.7. The lowest BCUT2D eigenvalue weighted by molar-refractivity contribution is 0.282. The molecule has 0 radical (unpaired) electrons. The molecule has 1 atom stereocenters. The Labute approximate surface area is 196 Å². The fraction of sp³-hybridized carbons (Fsp3) is 0.643. The molecule has 178 valence electrons. The SMILES string of the molecule is CCCCCCCCCCCCOc1cnc(-c2ccc(OCCC(C)CC)cc2)nc1. The fourth-order valence-electron chi connectivity index (χ4n) is 3.60. The number of hydrogen-bond acceptors (Lipinski definition) is 4. The van der Waals surface area contributed by atoms with Crippen LogP contribution >= 0.6 is 0 Å². The summed E-state index contributed by atoms with van der Waals surface area (Å²) in [5.74, 6) is 3.05. The maximum atomic E-state index is 5.83. The van der Waals surface area contributed by atoms with Crippen LogP contribution in [0.5, 0.6) is 11.5 Å². The molecular weight excluding hydrogens is 396 g/mol. The first kappa shape index (κ1) is 26.2. The lowest BCUT2D eigenvalue weighted by Gasteiger charge is -2.10. The topological polar surface area (TPSA) is 44.2 Å². The summed E-state index contributed by atoms with van der Waals surface area (Å²) in [6.45, 7) is 8.24. The molecule has 0 amide bonds. The molecule has 0 N–H and O–H groups in total.